The summed E-state index contributed by atoms with van der Waals surface area (Å²) in [5.74, 6) is 0. The number of hydrogen-bond acceptors (Lipinski definition) is 5. The van der Waals surface area contributed by atoms with Crippen molar-refractivity contribution < 1.29 is 8.42 Å². The molecule has 0 amide bonds. The number of nitrogens with one attached hydrogen (secondary N) is 1. The first-order chi connectivity index (χ1) is 10.6. The van der Waals surface area contributed by atoms with Crippen LogP contribution < -0.4 is 5.32 Å². The van der Waals surface area contributed by atoms with Crippen LogP contribution in [-0.4, -0.2) is 46.9 Å². The third-order valence-corrected chi connectivity index (χ3v) is 5.77. The number of pyridine rings is 1. The van der Waals surface area contributed by atoms with Gasteiger partial charge in [-0.1, -0.05) is 6.07 Å². The second kappa shape index (κ2) is 6.15. The second-order valence-electron chi connectivity index (χ2n) is 5.14. The van der Waals surface area contributed by atoms with E-state index in [1.165, 1.54) is 6.20 Å². The quantitative estimate of drug-likeness (QED) is 0.893. The highest BCUT2D eigenvalue weighted by atomic mass is 32.2. The lowest BCUT2D eigenvalue weighted by atomic mass is 10.1. The number of nitrogens with zero attached hydrogens (tertiary/aromatic N) is 4. The molecule has 22 heavy (non-hydrogen) atoms. The van der Waals surface area contributed by atoms with Crippen molar-refractivity contribution in [3.05, 3.63) is 42.6 Å². The first-order valence-electron chi connectivity index (χ1n) is 7.27. The zero-order valence-corrected chi connectivity index (χ0v) is 13.2. The van der Waals surface area contributed by atoms with Crippen molar-refractivity contribution in [2.45, 2.75) is 24.5 Å². The summed E-state index contributed by atoms with van der Waals surface area (Å²) in [7, 11) is -3.59. The summed E-state index contributed by atoms with van der Waals surface area (Å²) in [6, 6.07) is 3.47. The minimum atomic E-state index is -3.59. The molecule has 3 heterocycles. The van der Waals surface area contributed by atoms with Gasteiger partial charge in [-0.05, 0) is 18.6 Å². The summed E-state index contributed by atoms with van der Waals surface area (Å²) in [4.78, 5) is 8.09. The van der Waals surface area contributed by atoms with Crippen LogP contribution in [0.25, 0.3) is 0 Å². The molecule has 1 N–H and O–H groups in total. The van der Waals surface area contributed by atoms with E-state index in [2.05, 4.69) is 15.3 Å². The van der Waals surface area contributed by atoms with Crippen molar-refractivity contribution in [3.8, 4) is 0 Å². The lowest BCUT2D eigenvalue weighted by Gasteiger charge is -2.35. The SMILES string of the molecule is CCn1cncc1S(=O)(=O)N1CCNCC1c1cccnc1. The average molecular weight is 321 g/mol. The Bertz CT molecular complexity index is 729. The van der Waals surface area contributed by atoms with Crippen molar-refractivity contribution in [2.75, 3.05) is 19.6 Å². The van der Waals surface area contributed by atoms with E-state index in [1.807, 2.05) is 19.1 Å². The smallest absolute Gasteiger partial charge is 0.260 e. The number of sulfonamides is 1. The van der Waals surface area contributed by atoms with Gasteiger partial charge in [-0.2, -0.15) is 4.31 Å². The highest BCUT2D eigenvalue weighted by molar-refractivity contribution is 7.89. The van der Waals surface area contributed by atoms with Crippen LogP contribution in [0.2, 0.25) is 0 Å². The molecule has 8 heteroatoms. The molecule has 1 unspecified atom stereocenters. The van der Waals surface area contributed by atoms with E-state index in [4.69, 9.17) is 0 Å². The predicted octanol–water partition coefficient (Wildman–Crippen LogP) is 0.633. The molecule has 0 spiro atoms. The Balaban J connectivity index is 2.00. The Morgan fingerprint density at radius 3 is 2.95 bits per heavy atom. The first kappa shape index (κ1) is 15.1. The fourth-order valence-corrected chi connectivity index (χ4v) is 4.48. The van der Waals surface area contributed by atoms with Gasteiger partial charge >= 0.3 is 0 Å². The summed E-state index contributed by atoms with van der Waals surface area (Å²) in [6.45, 7) is 4.10. The van der Waals surface area contributed by atoms with Crippen molar-refractivity contribution in [2.24, 2.45) is 0 Å². The standard InChI is InChI=1S/C14H19N5O2S/c1-2-18-11-17-10-14(18)22(20,21)19-7-6-16-9-13(19)12-4-3-5-15-8-12/h3-5,8,10-11,13,16H,2,6-7,9H2,1H3. The lowest BCUT2D eigenvalue weighted by Crippen LogP contribution is -2.48. The third kappa shape index (κ3) is 2.65. The summed E-state index contributed by atoms with van der Waals surface area (Å²) >= 11 is 0. The molecular formula is C14H19N5O2S. The number of rotatable bonds is 4. The van der Waals surface area contributed by atoms with Gasteiger partial charge in [0.1, 0.15) is 0 Å². The van der Waals surface area contributed by atoms with Crippen LogP contribution in [-0.2, 0) is 16.6 Å². The lowest BCUT2D eigenvalue weighted by molar-refractivity contribution is 0.269. The molecule has 0 bridgehead atoms. The van der Waals surface area contributed by atoms with Crippen molar-refractivity contribution in [1.29, 1.82) is 0 Å². The molecule has 1 aliphatic rings. The fraction of sp³-hybridized carbons (Fsp3) is 0.429. The molecule has 7 nitrogen and oxygen atoms in total. The van der Waals surface area contributed by atoms with Crippen LogP contribution in [0.3, 0.4) is 0 Å². The Morgan fingerprint density at radius 2 is 2.23 bits per heavy atom. The summed E-state index contributed by atoms with van der Waals surface area (Å²) in [6.07, 6.45) is 6.37. The van der Waals surface area contributed by atoms with E-state index in [-0.39, 0.29) is 11.1 Å². The minimum absolute atomic E-state index is 0.241. The van der Waals surface area contributed by atoms with Gasteiger partial charge in [0, 0.05) is 38.6 Å². The number of aryl methyl sites for hydroxylation is 1. The molecular weight excluding hydrogens is 302 g/mol. The molecule has 2 aromatic heterocycles. The Morgan fingerprint density at radius 1 is 1.36 bits per heavy atom. The van der Waals surface area contributed by atoms with E-state index < -0.39 is 10.0 Å². The van der Waals surface area contributed by atoms with E-state index in [0.29, 0.717) is 26.2 Å². The Labute approximate surface area is 130 Å². The topological polar surface area (TPSA) is 80.1 Å². The summed E-state index contributed by atoms with van der Waals surface area (Å²) in [5.41, 5.74) is 0.890. The van der Waals surface area contributed by atoms with Gasteiger partial charge in [-0.3, -0.25) is 4.98 Å². The fourth-order valence-electron chi connectivity index (χ4n) is 2.71. The van der Waals surface area contributed by atoms with Crippen LogP contribution in [0.4, 0.5) is 0 Å². The predicted molar refractivity (Wildman–Crippen MR) is 81.6 cm³/mol. The van der Waals surface area contributed by atoms with Crippen LogP contribution in [0.1, 0.15) is 18.5 Å². The van der Waals surface area contributed by atoms with Crippen molar-refractivity contribution in [3.63, 3.8) is 0 Å². The van der Waals surface area contributed by atoms with Gasteiger partial charge < -0.3 is 9.88 Å². The maximum absolute atomic E-state index is 13.0. The summed E-state index contributed by atoms with van der Waals surface area (Å²) < 4.78 is 29.3. The molecule has 1 fully saturated rings. The van der Waals surface area contributed by atoms with Crippen LogP contribution in [0.15, 0.2) is 42.1 Å². The molecule has 0 saturated carbocycles. The van der Waals surface area contributed by atoms with Crippen molar-refractivity contribution >= 4 is 10.0 Å². The van der Waals surface area contributed by atoms with Crippen LogP contribution in [0.5, 0.6) is 0 Å². The minimum Gasteiger partial charge on any atom is -0.321 e. The van der Waals surface area contributed by atoms with E-state index in [1.54, 1.807) is 27.6 Å². The molecule has 3 rings (SSSR count). The van der Waals surface area contributed by atoms with Gasteiger partial charge in [-0.25, -0.2) is 13.4 Å². The maximum Gasteiger partial charge on any atom is 0.260 e. The second-order valence-corrected chi connectivity index (χ2v) is 6.98. The number of piperazine rings is 1. The van der Waals surface area contributed by atoms with Gasteiger partial charge in [-0.15, -0.1) is 0 Å². The highest BCUT2D eigenvalue weighted by Gasteiger charge is 2.36. The molecule has 2 aromatic rings. The van der Waals surface area contributed by atoms with Crippen LogP contribution >= 0.6 is 0 Å². The van der Waals surface area contributed by atoms with E-state index >= 15 is 0 Å². The average Bonchev–Trinajstić information content (AvgIpc) is 3.05. The van der Waals surface area contributed by atoms with Gasteiger partial charge in [0.25, 0.3) is 10.0 Å². The van der Waals surface area contributed by atoms with Crippen LogP contribution in [0, 0.1) is 0 Å². The number of imidazole rings is 1. The van der Waals surface area contributed by atoms with E-state index in [0.717, 1.165) is 5.56 Å². The largest absolute Gasteiger partial charge is 0.321 e. The molecule has 118 valence electrons. The summed E-state index contributed by atoms with van der Waals surface area (Å²) in [5, 5.41) is 3.49. The maximum atomic E-state index is 13.0. The Kier molecular flexibility index (Phi) is 4.23. The zero-order chi connectivity index (χ0) is 15.6. The number of aromatic nitrogens is 3. The van der Waals surface area contributed by atoms with Gasteiger partial charge in [0.15, 0.2) is 5.03 Å². The highest BCUT2D eigenvalue weighted by Crippen LogP contribution is 2.28. The number of hydrogen-bond donors (Lipinski definition) is 1. The van der Waals surface area contributed by atoms with E-state index in [9.17, 15) is 8.42 Å². The first-order valence-corrected chi connectivity index (χ1v) is 8.71. The third-order valence-electron chi connectivity index (χ3n) is 3.85. The molecule has 1 saturated heterocycles. The zero-order valence-electron chi connectivity index (χ0n) is 12.4. The van der Waals surface area contributed by atoms with Crippen molar-refractivity contribution in [1.82, 2.24) is 24.2 Å². The van der Waals surface area contributed by atoms with Gasteiger partial charge in [0.05, 0.1) is 18.6 Å². The molecule has 1 atom stereocenters. The molecule has 0 aromatic carbocycles. The monoisotopic (exact) mass is 321 g/mol. The van der Waals surface area contributed by atoms with Gasteiger partial charge in [0.2, 0.25) is 0 Å². The molecule has 0 aliphatic carbocycles. The molecule has 1 aliphatic heterocycles. The molecule has 0 radical (unpaired) electrons. The Hall–Kier alpha value is -1.77. The normalized spacial score (nSPS) is 20.1.